The van der Waals surface area contributed by atoms with Gasteiger partial charge in [-0.2, -0.15) is 0 Å². The first kappa shape index (κ1) is 8.76. The fourth-order valence-electron chi connectivity index (χ4n) is 2.12. The molecule has 1 aliphatic rings. The molecule has 1 heteroatoms. The van der Waals surface area contributed by atoms with Crippen molar-refractivity contribution in [2.45, 2.75) is 37.7 Å². The topological polar surface area (TPSA) is 19.9 Å². The molecule has 13 heavy (non-hydrogen) atoms. The van der Waals surface area contributed by atoms with Gasteiger partial charge in [0, 0.05) is 0 Å². The molecule has 0 unspecified atom stereocenters. The Bertz CT molecular complexity index is 247. The first-order valence-electron chi connectivity index (χ1n) is 5.07. The van der Waals surface area contributed by atoms with Crippen LogP contribution in [0.25, 0.3) is 0 Å². The zero-order valence-corrected chi connectivity index (χ0v) is 7.78. The maximum atomic E-state index is 11.1. The van der Waals surface area contributed by atoms with Crippen LogP contribution >= 0.6 is 0 Å². The number of rotatable bonds is 1. The molecule has 0 aromatic heterocycles. The van der Waals surface area contributed by atoms with Crippen LogP contribution in [0, 0.1) is 0 Å². The van der Waals surface area contributed by atoms with Gasteiger partial charge in [-0.15, -0.1) is 0 Å². The van der Waals surface area contributed by atoms with E-state index in [1.54, 1.807) is 0 Å². The van der Waals surface area contributed by atoms with Gasteiger partial charge in [-0.05, 0) is 37.2 Å². The maximum Gasteiger partial charge on any atom is 0.0930 e. The largest absolute Gasteiger partial charge is 0.233 e. The van der Waals surface area contributed by atoms with Crippen LogP contribution in [0.1, 0.15) is 37.2 Å². The third-order valence-corrected chi connectivity index (χ3v) is 2.95. The predicted octanol–water partition coefficient (Wildman–Crippen LogP) is 3.14. The van der Waals surface area contributed by atoms with E-state index in [4.69, 9.17) is 0 Å². The van der Waals surface area contributed by atoms with E-state index < -0.39 is 0 Å². The second-order valence-corrected chi connectivity index (χ2v) is 3.88. The maximum absolute atomic E-state index is 11.1. The lowest BCUT2D eigenvalue weighted by Gasteiger charge is -2.24. The van der Waals surface area contributed by atoms with Crippen LogP contribution in [0.15, 0.2) is 30.3 Å². The van der Waals surface area contributed by atoms with Gasteiger partial charge >= 0.3 is 0 Å². The lowest BCUT2D eigenvalue weighted by Crippen LogP contribution is -2.15. The van der Waals surface area contributed by atoms with E-state index in [0.717, 1.165) is 25.7 Å². The lowest BCUT2D eigenvalue weighted by atomic mass is 9.83. The summed E-state index contributed by atoms with van der Waals surface area (Å²) in [4.78, 5) is 0. The third-order valence-electron chi connectivity index (χ3n) is 2.95. The van der Waals surface area contributed by atoms with E-state index >= 15 is 0 Å². The van der Waals surface area contributed by atoms with Gasteiger partial charge in [0.2, 0.25) is 0 Å². The SMILES string of the molecule is [O]C1CCC(c2ccccc2)CC1. The van der Waals surface area contributed by atoms with Crippen molar-refractivity contribution >= 4 is 0 Å². The third kappa shape index (κ3) is 2.10. The fraction of sp³-hybridized carbons (Fsp3) is 0.500. The van der Waals surface area contributed by atoms with Gasteiger partial charge in [-0.1, -0.05) is 30.3 Å². The summed E-state index contributed by atoms with van der Waals surface area (Å²) in [6.07, 6.45) is 3.59. The number of hydrogen-bond acceptors (Lipinski definition) is 0. The molecule has 1 aromatic carbocycles. The summed E-state index contributed by atoms with van der Waals surface area (Å²) in [6.45, 7) is 0. The van der Waals surface area contributed by atoms with Crippen molar-refractivity contribution in [3.8, 4) is 0 Å². The highest BCUT2D eigenvalue weighted by molar-refractivity contribution is 5.19. The van der Waals surface area contributed by atoms with Crippen molar-refractivity contribution in [1.82, 2.24) is 0 Å². The van der Waals surface area contributed by atoms with Crippen LogP contribution < -0.4 is 0 Å². The van der Waals surface area contributed by atoms with Gasteiger partial charge in [-0.3, -0.25) is 0 Å². The minimum atomic E-state index is -0.292. The van der Waals surface area contributed by atoms with Crippen molar-refractivity contribution in [1.29, 1.82) is 0 Å². The van der Waals surface area contributed by atoms with E-state index in [2.05, 4.69) is 24.3 Å². The molecule has 0 spiro atoms. The average molecular weight is 175 g/mol. The van der Waals surface area contributed by atoms with Crippen molar-refractivity contribution in [3.63, 3.8) is 0 Å². The van der Waals surface area contributed by atoms with Crippen molar-refractivity contribution in [3.05, 3.63) is 35.9 Å². The lowest BCUT2D eigenvalue weighted by molar-refractivity contribution is 0.0513. The molecule has 0 heterocycles. The second kappa shape index (κ2) is 3.93. The minimum Gasteiger partial charge on any atom is -0.233 e. The van der Waals surface area contributed by atoms with Gasteiger partial charge in [0.05, 0.1) is 6.10 Å². The molecule has 0 amide bonds. The Hall–Kier alpha value is -0.820. The molecule has 0 saturated heterocycles. The molecule has 1 saturated carbocycles. The molecule has 1 fully saturated rings. The summed E-state index contributed by atoms with van der Waals surface area (Å²) in [7, 11) is 0. The highest BCUT2D eigenvalue weighted by Crippen LogP contribution is 2.32. The molecule has 69 valence electrons. The zero-order chi connectivity index (χ0) is 9.10. The van der Waals surface area contributed by atoms with Gasteiger partial charge in [-0.25, -0.2) is 5.11 Å². The predicted molar refractivity (Wildman–Crippen MR) is 52.1 cm³/mol. The Morgan fingerprint density at radius 3 is 2.15 bits per heavy atom. The summed E-state index contributed by atoms with van der Waals surface area (Å²) in [5.41, 5.74) is 1.41. The zero-order valence-electron chi connectivity index (χ0n) is 7.78. The van der Waals surface area contributed by atoms with Crippen LogP contribution in [-0.2, 0) is 5.11 Å². The van der Waals surface area contributed by atoms with E-state index in [1.165, 1.54) is 5.56 Å². The summed E-state index contributed by atoms with van der Waals surface area (Å²) in [5.74, 6) is 0.645. The van der Waals surface area contributed by atoms with Crippen LogP contribution in [0.4, 0.5) is 0 Å². The molecule has 0 aliphatic heterocycles. The average Bonchev–Trinajstić information content (AvgIpc) is 2.20. The standard InChI is InChI=1S/C12H15O/c13-12-8-6-11(7-9-12)10-4-2-1-3-5-10/h1-5,11-12H,6-9H2. The number of benzene rings is 1. The van der Waals surface area contributed by atoms with E-state index in [-0.39, 0.29) is 6.10 Å². The monoisotopic (exact) mass is 175 g/mol. The normalized spacial score (nSPS) is 28.7. The molecular formula is C12H15O. The number of hydrogen-bond donors (Lipinski definition) is 0. The van der Waals surface area contributed by atoms with Gasteiger partial charge in [0.1, 0.15) is 0 Å². The summed E-state index contributed by atoms with van der Waals surface area (Å²) in [5, 5.41) is 11.1. The summed E-state index contributed by atoms with van der Waals surface area (Å²) in [6, 6.07) is 10.6. The Balaban J connectivity index is 2.03. The molecule has 1 radical (unpaired) electrons. The van der Waals surface area contributed by atoms with Crippen LogP contribution in [0.3, 0.4) is 0 Å². The highest BCUT2D eigenvalue weighted by atomic mass is 16.3. The Kier molecular flexibility index (Phi) is 2.65. The molecule has 2 rings (SSSR count). The van der Waals surface area contributed by atoms with E-state index in [9.17, 15) is 5.11 Å². The molecule has 1 nitrogen and oxygen atoms in total. The molecule has 0 N–H and O–H groups in total. The van der Waals surface area contributed by atoms with Crippen molar-refractivity contribution in [2.24, 2.45) is 0 Å². The quantitative estimate of drug-likeness (QED) is 0.625. The van der Waals surface area contributed by atoms with Crippen molar-refractivity contribution < 1.29 is 5.11 Å². The molecule has 1 aromatic rings. The highest BCUT2D eigenvalue weighted by Gasteiger charge is 2.21. The molecule has 0 atom stereocenters. The van der Waals surface area contributed by atoms with E-state index in [0.29, 0.717) is 5.92 Å². The molecular weight excluding hydrogens is 160 g/mol. The smallest absolute Gasteiger partial charge is 0.0930 e. The Labute approximate surface area is 79.4 Å². The Morgan fingerprint density at radius 2 is 1.54 bits per heavy atom. The Morgan fingerprint density at radius 1 is 0.923 bits per heavy atom. The van der Waals surface area contributed by atoms with Gasteiger partial charge in [0.15, 0.2) is 0 Å². The van der Waals surface area contributed by atoms with Crippen molar-refractivity contribution in [2.75, 3.05) is 0 Å². The first-order chi connectivity index (χ1) is 6.36. The second-order valence-electron chi connectivity index (χ2n) is 3.88. The summed E-state index contributed by atoms with van der Waals surface area (Å²) < 4.78 is 0. The fourth-order valence-corrected chi connectivity index (χ4v) is 2.12. The van der Waals surface area contributed by atoms with Gasteiger partial charge < -0.3 is 0 Å². The first-order valence-corrected chi connectivity index (χ1v) is 5.07. The summed E-state index contributed by atoms with van der Waals surface area (Å²) >= 11 is 0. The van der Waals surface area contributed by atoms with Crippen LogP contribution in [0.5, 0.6) is 0 Å². The van der Waals surface area contributed by atoms with Crippen LogP contribution in [-0.4, -0.2) is 6.10 Å². The molecule has 0 bridgehead atoms. The van der Waals surface area contributed by atoms with Crippen LogP contribution in [0.2, 0.25) is 0 Å². The minimum absolute atomic E-state index is 0.292. The molecule has 1 aliphatic carbocycles. The van der Waals surface area contributed by atoms with Gasteiger partial charge in [0.25, 0.3) is 0 Å². The van der Waals surface area contributed by atoms with E-state index in [1.807, 2.05) is 6.07 Å².